The van der Waals surface area contributed by atoms with Crippen LogP contribution in [-0.2, 0) is 6.42 Å². The summed E-state index contributed by atoms with van der Waals surface area (Å²) in [7, 11) is 0. The minimum absolute atomic E-state index is 0.922. The predicted octanol–water partition coefficient (Wildman–Crippen LogP) is 3.95. The maximum absolute atomic E-state index is 3.65. The van der Waals surface area contributed by atoms with Gasteiger partial charge in [-0.05, 0) is 62.2 Å². The van der Waals surface area contributed by atoms with Crippen molar-refractivity contribution >= 4 is 0 Å². The van der Waals surface area contributed by atoms with E-state index in [-0.39, 0.29) is 0 Å². The number of hydrogen-bond acceptors (Lipinski definition) is 1. The molecule has 0 bridgehead atoms. The van der Waals surface area contributed by atoms with Gasteiger partial charge in [0.2, 0.25) is 0 Å². The van der Waals surface area contributed by atoms with Gasteiger partial charge in [-0.2, -0.15) is 0 Å². The van der Waals surface area contributed by atoms with Crippen molar-refractivity contribution < 1.29 is 0 Å². The molecule has 1 aliphatic carbocycles. The van der Waals surface area contributed by atoms with E-state index in [0.29, 0.717) is 0 Å². The van der Waals surface area contributed by atoms with Crippen LogP contribution >= 0.6 is 0 Å². The minimum Gasteiger partial charge on any atom is -0.316 e. The van der Waals surface area contributed by atoms with E-state index in [9.17, 15) is 0 Å². The van der Waals surface area contributed by atoms with Crippen LogP contribution in [0.5, 0.6) is 0 Å². The molecule has 1 aliphatic rings. The lowest BCUT2D eigenvalue weighted by Gasteiger charge is -2.26. The summed E-state index contributed by atoms with van der Waals surface area (Å²) in [5, 5.41) is 3.65. The number of hydrogen-bond donors (Lipinski definition) is 1. The van der Waals surface area contributed by atoms with Gasteiger partial charge in [0.05, 0.1) is 0 Å². The zero-order valence-electron chi connectivity index (χ0n) is 11.9. The maximum atomic E-state index is 3.65. The SMILES string of the molecule is Cc1ccccc1CCNCC1CCCC(C)C1. The van der Waals surface area contributed by atoms with Gasteiger partial charge >= 0.3 is 0 Å². The second kappa shape index (κ2) is 6.94. The van der Waals surface area contributed by atoms with E-state index in [1.165, 1.54) is 43.4 Å². The van der Waals surface area contributed by atoms with Crippen molar-refractivity contribution in [3.05, 3.63) is 35.4 Å². The molecular formula is C17H27N. The van der Waals surface area contributed by atoms with Gasteiger partial charge in [-0.1, -0.05) is 44.0 Å². The average Bonchev–Trinajstić information content (AvgIpc) is 2.37. The summed E-state index contributed by atoms with van der Waals surface area (Å²) in [4.78, 5) is 0. The van der Waals surface area contributed by atoms with Crippen molar-refractivity contribution in [1.29, 1.82) is 0 Å². The maximum Gasteiger partial charge on any atom is -0.000814 e. The molecule has 1 aromatic rings. The van der Waals surface area contributed by atoms with Crippen molar-refractivity contribution in [2.24, 2.45) is 11.8 Å². The Bertz CT molecular complexity index is 358. The van der Waals surface area contributed by atoms with Crippen molar-refractivity contribution in [1.82, 2.24) is 5.32 Å². The smallest absolute Gasteiger partial charge is 0.000814 e. The molecule has 1 aromatic carbocycles. The molecule has 0 aromatic heterocycles. The van der Waals surface area contributed by atoms with Gasteiger partial charge in [0.25, 0.3) is 0 Å². The molecule has 2 unspecified atom stereocenters. The highest BCUT2D eigenvalue weighted by atomic mass is 14.9. The monoisotopic (exact) mass is 245 g/mol. The predicted molar refractivity (Wildman–Crippen MR) is 78.9 cm³/mol. The lowest BCUT2D eigenvalue weighted by Crippen LogP contribution is -2.28. The van der Waals surface area contributed by atoms with E-state index in [4.69, 9.17) is 0 Å². The van der Waals surface area contributed by atoms with Crippen molar-refractivity contribution in [2.75, 3.05) is 13.1 Å². The molecule has 100 valence electrons. The number of benzene rings is 1. The third kappa shape index (κ3) is 4.13. The van der Waals surface area contributed by atoms with Crippen LogP contribution in [0, 0.1) is 18.8 Å². The first-order valence-corrected chi connectivity index (χ1v) is 7.51. The van der Waals surface area contributed by atoms with Gasteiger partial charge in [-0.15, -0.1) is 0 Å². The number of rotatable bonds is 5. The van der Waals surface area contributed by atoms with Crippen LogP contribution < -0.4 is 5.32 Å². The molecule has 1 fully saturated rings. The Balaban J connectivity index is 1.65. The van der Waals surface area contributed by atoms with E-state index in [1.54, 1.807) is 0 Å². The Kier molecular flexibility index (Phi) is 5.25. The van der Waals surface area contributed by atoms with Crippen LogP contribution in [0.25, 0.3) is 0 Å². The quantitative estimate of drug-likeness (QED) is 0.774. The molecule has 1 saturated carbocycles. The first kappa shape index (κ1) is 13.6. The summed E-state index contributed by atoms with van der Waals surface area (Å²) in [5.74, 6) is 1.87. The zero-order chi connectivity index (χ0) is 12.8. The molecule has 2 rings (SSSR count). The van der Waals surface area contributed by atoms with Crippen molar-refractivity contribution in [2.45, 2.75) is 46.0 Å². The Morgan fingerprint density at radius 1 is 1.22 bits per heavy atom. The largest absolute Gasteiger partial charge is 0.316 e. The van der Waals surface area contributed by atoms with Crippen molar-refractivity contribution in [3.63, 3.8) is 0 Å². The molecule has 1 heteroatoms. The molecule has 0 radical (unpaired) electrons. The zero-order valence-corrected chi connectivity index (χ0v) is 11.9. The second-order valence-corrected chi connectivity index (χ2v) is 6.02. The van der Waals surface area contributed by atoms with Crippen LogP contribution in [0.2, 0.25) is 0 Å². The highest BCUT2D eigenvalue weighted by molar-refractivity contribution is 5.25. The topological polar surface area (TPSA) is 12.0 Å². The van der Waals surface area contributed by atoms with Gasteiger partial charge < -0.3 is 5.32 Å². The van der Waals surface area contributed by atoms with E-state index >= 15 is 0 Å². The number of aryl methyl sites for hydroxylation is 1. The van der Waals surface area contributed by atoms with E-state index in [2.05, 4.69) is 43.4 Å². The molecular weight excluding hydrogens is 218 g/mol. The fourth-order valence-corrected chi connectivity index (χ4v) is 3.16. The van der Waals surface area contributed by atoms with Gasteiger partial charge in [0.15, 0.2) is 0 Å². The Morgan fingerprint density at radius 3 is 2.83 bits per heavy atom. The molecule has 0 aliphatic heterocycles. The second-order valence-electron chi connectivity index (χ2n) is 6.02. The molecule has 0 saturated heterocycles. The van der Waals surface area contributed by atoms with E-state index < -0.39 is 0 Å². The first-order valence-electron chi connectivity index (χ1n) is 7.51. The molecule has 0 amide bonds. The summed E-state index contributed by atoms with van der Waals surface area (Å²) < 4.78 is 0. The van der Waals surface area contributed by atoms with E-state index in [0.717, 1.165) is 24.8 Å². The summed E-state index contributed by atoms with van der Waals surface area (Å²) >= 11 is 0. The van der Waals surface area contributed by atoms with Crippen molar-refractivity contribution in [3.8, 4) is 0 Å². The summed E-state index contributed by atoms with van der Waals surface area (Å²) in [6, 6.07) is 8.72. The van der Waals surface area contributed by atoms with Gasteiger partial charge in [-0.3, -0.25) is 0 Å². The molecule has 2 atom stereocenters. The highest BCUT2D eigenvalue weighted by Gasteiger charge is 2.17. The average molecular weight is 245 g/mol. The fourth-order valence-electron chi connectivity index (χ4n) is 3.16. The Hall–Kier alpha value is -0.820. The van der Waals surface area contributed by atoms with Crippen LogP contribution in [0.15, 0.2) is 24.3 Å². The molecule has 1 N–H and O–H groups in total. The summed E-state index contributed by atoms with van der Waals surface area (Å²) in [5.41, 5.74) is 2.91. The third-order valence-electron chi connectivity index (χ3n) is 4.31. The fraction of sp³-hybridized carbons (Fsp3) is 0.647. The third-order valence-corrected chi connectivity index (χ3v) is 4.31. The standard InChI is InChI=1S/C17H27N/c1-14-6-5-8-16(12-14)13-18-11-10-17-9-4-3-7-15(17)2/h3-4,7,9,14,16,18H,5-6,8,10-13H2,1-2H3. The van der Waals surface area contributed by atoms with Crippen LogP contribution in [0.4, 0.5) is 0 Å². The highest BCUT2D eigenvalue weighted by Crippen LogP contribution is 2.27. The Morgan fingerprint density at radius 2 is 2.06 bits per heavy atom. The van der Waals surface area contributed by atoms with Gasteiger partial charge in [0.1, 0.15) is 0 Å². The molecule has 1 nitrogen and oxygen atoms in total. The summed E-state index contributed by atoms with van der Waals surface area (Å²) in [6.07, 6.45) is 6.90. The lowest BCUT2D eigenvalue weighted by atomic mass is 9.82. The normalized spacial score (nSPS) is 24.1. The molecule has 18 heavy (non-hydrogen) atoms. The van der Waals surface area contributed by atoms with Gasteiger partial charge in [-0.25, -0.2) is 0 Å². The van der Waals surface area contributed by atoms with Crippen LogP contribution in [0.3, 0.4) is 0 Å². The van der Waals surface area contributed by atoms with Gasteiger partial charge in [0, 0.05) is 0 Å². The Labute approximate surface area is 112 Å². The molecule has 0 heterocycles. The molecule has 0 spiro atoms. The van der Waals surface area contributed by atoms with Crippen LogP contribution in [-0.4, -0.2) is 13.1 Å². The minimum atomic E-state index is 0.922. The van der Waals surface area contributed by atoms with Crippen LogP contribution in [0.1, 0.15) is 43.7 Å². The first-order chi connectivity index (χ1) is 8.75. The number of nitrogens with one attached hydrogen (secondary N) is 1. The lowest BCUT2D eigenvalue weighted by molar-refractivity contribution is 0.275. The summed E-state index contributed by atoms with van der Waals surface area (Å²) in [6.45, 7) is 6.95. The van der Waals surface area contributed by atoms with E-state index in [1.807, 2.05) is 0 Å².